The molecule has 1 saturated carbocycles. The number of nitrogens with one attached hydrogen (secondary N) is 3. The number of hydrogen-bond acceptors (Lipinski definition) is 8. The zero-order chi connectivity index (χ0) is 26.9. The molecule has 1 amide bonds. The number of carbonyl (C=O) groups is 1. The standard InChI is InChI=1S/C24H29F3N6O3/c1-21(2,35)23(5-6-23)12-32-20(34)15-11-29-18(33-19-16(25)7-14(9-28)10-30-19)8-17(15)31-13-24(26,27)22(3,4)36/h7-8,10-11,35-36H,5-6,12-13H2,1-4H3,(H,32,34)(H2,29,30,31,33). The number of aromatic nitrogens is 2. The first kappa shape index (κ1) is 27.2. The Morgan fingerprint density at radius 2 is 1.83 bits per heavy atom. The first-order valence-corrected chi connectivity index (χ1v) is 11.3. The minimum absolute atomic E-state index is 0.00751. The summed E-state index contributed by atoms with van der Waals surface area (Å²) in [6.45, 7) is 4.43. The van der Waals surface area contributed by atoms with Crippen molar-refractivity contribution in [1.82, 2.24) is 15.3 Å². The van der Waals surface area contributed by atoms with Crippen molar-refractivity contribution in [3.63, 3.8) is 0 Å². The molecule has 0 bridgehead atoms. The van der Waals surface area contributed by atoms with Gasteiger partial charge in [0.2, 0.25) is 0 Å². The molecule has 12 heteroatoms. The summed E-state index contributed by atoms with van der Waals surface area (Å²) in [5.74, 6) is -5.26. The lowest BCUT2D eigenvalue weighted by Gasteiger charge is -2.30. The molecule has 2 heterocycles. The van der Waals surface area contributed by atoms with E-state index in [-0.39, 0.29) is 35.0 Å². The molecule has 1 aliphatic carbocycles. The van der Waals surface area contributed by atoms with Gasteiger partial charge in [0.15, 0.2) is 11.6 Å². The molecule has 0 radical (unpaired) electrons. The van der Waals surface area contributed by atoms with Crippen LogP contribution in [-0.4, -0.2) is 56.3 Å². The number of hydrogen-bond donors (Lipinski definition) is 5. The molecule has 1 aliphatic rings. The Kier molecular flexibility index (Phi) is 7.21. The summed E-state index contributed by atoms with van der Waals surface area (Å²) in [5, 5.41) is 36.8. The number of nitrogens with zero attached hydrogens (tertiary/aromatic N) is 3. The molecule has 5 N–H and O–H groups in total. The summed E-state index contributed by atoms with van der Waals surface area (Å²) in [6, 6.07) is 3.96. The fourth-order valence-electron chi connectivity index (χ4n) is 3.49. The number of halogens is 3. The lowest BCUT2D eigenvalue weighted by Crippen LogP contribution is -2.47. The van der Waals surface area contributed by atoms with Crippen LogP contribution in [0.15, 0.2) is 24.5 Å². The van der Waals surface area contributed by atoms with Gasteiger partial charge in [-0.15, -0.1) is 0 Å². The smallest absolute Gasteiger partial charge is 0.292 e. The van der Waals surface area contributed by atoms with Gasteiger partial charge in [0.25, 0.3) is 11.8 Å². The summed E-state index contributed by atoms with van der Waals surface area (Å²) in [6.07, 6.45) is 3.73. The Balaban J connectivity index is 1.87. The van der Waals surface area contributed by atoms with Crippen molar-refractivity contribution in [1.29, 1.82) is 5.26 Å². The number of amides is 1. The highest BCUT2D eigenvalue weighted by Gasteiger charge is 2.53. The van der Waals surface area contributed by atoms with Crippen LogP contribution in [0.25, 0.3) is 0 Å². The van der Waals surface area contributed by atoms with Crippen LogP contribution in [0.1, 0.15) is 56.5 Å². The number of pyridine rings is 2. The minimum atomic E-state index is -3.56. The van der Waals surface area contributed by atoms with Gasteiger partial charge in [-0.25, -0.2) is 23.1 Å². The second-order valence-corrected chi connectivity index (χ2v) is 10.0. The third kappa shape index (κ3) is 5.85. The van der Waals surface area contributed by atoms with Gasteiger partial charge in [0, 0.05) is 30.4 Å². The lowest BCUT2D eigenvalue weighted by molar-refractivity contribution is -0.151. The monoisotopic (exact) mass is 506 g/mol. The molecule has 194 valence electrons. The van der Waals surface area contributed by atoms with Crippen LogP contribution in [0.5, 0.6) is 0 Å². The molecule has 0 saturated heterocycles. The average molecular weight is 507 g/mol. The van der Waals surface area contributed by atoms with E-state index in [0.29, 0.717) is 0 Å². The lowest BCUT2D eigenvalue weighted by atomic mass is 9.87. The summed E-state index contributed by atoms with van der Waals surface area (Å²) in [7, 11) is 0. The third-order valence-corrected chi connectivity index (χ3v) is 6.50. The molecule has 2 aromatic rings. The zero-order valence-corrected chi connectivity index (χ0v) is 20.4. The quantitative estimate of drug-likeness (QED) is 0.330. The Morgan fingerprint density at radius 1 is 1.17 bits per heavy atom. The van der Waals surface area contributed by atoms with Gasteiger partial charge in [-0.1, -0.05) is 0 Å². The predicted octanol–water partition coefficient (Wildman–Crippen LogP) is 3.33. The van der Waals surface area contributed by atoms with Gasteiger partial charge in [-0.05, 0) is 46.6 Å². The Hall–Kier alpha value is -3.43. The Morgan fingerprint density at radius 3 is 2.36 bits per heavy atom. The molecule has 0 unspecified atom stereocenters. The molecule has 0 aliphatic heterocycles. The molecule has 1 fully saturated rings. The van der Waals surface area contributed by atoms with Crippen molar-refractivity contribution < 1.29 is 28.2 Å². The van der Waals surface area contributed by atoms with Crippen LogP contribution in [0.4, 0.5) is 30.5 Å². The van der Waals surface area contributed by atoms with E-state index in [9.17, 15) is 28.2 Å². The number of aliphatic hydroxyl groups is 2. The molecule has 3 rings (SSSR count). The highest BCUT2D eigenvalue weighted by molar-refractivity contribution is 5.99. The summed E-state index contributed by atoms with van der Waals surface area (Å²) < 4.78 is 43.1. The number of rotatable bonds is 10. The minimum Gasteiger partial charge on any atom is -0.390 e. The molecule has 2 aromatic heterocycles. The van der Waals surface area contributed by atoms with Gasteiger partial charge in [0.1, 0.15) is 17.5 Å². The summed E-state index contributed by atoms with van der Waals surface area (Å²) in [4.78, 5) is 20.8. The van der Waals surface area contributed by atoms with E-state index in [1.165, 1.54) is 6.07 Å². The van der Waals surface area contributed by atoms with E-state index >= 15 is 0 Å². The van der Waals surface area contributed by atoms with E-state index in [1.807, 2.05) is 0 Å². The largest absolute Gasteiger partial charge is 0.390 e. The predicted molar refractivity (Wildman–Crippen MR) is 126 cm³/mol. The highest BCUT2D eigenvalue weighted by atomic mass is 19.3. The SMILES string of the molecule is CC(C)(O)C(F)(F)CNc1cc(Nc2ncc(C#N)cc2F)ncc1C(=O)NCC1(C(C)(C)O)CC1. The first-order valence-electron chi connectivity index (χ1n) is 11.3. The number of carbonyl (C=O) groups excluding carboxylic acids is 1. The van der Waals surface area contributed by atoms with E-state index < -0.39 is 40.8 Å². The van der Waals surface area contributed by atoms with E-state index in [2.05, 4.69) is 25.9 Å². The average Bonchev–Trinajstić information content (AvgIpc) is 3.58. The zero-order valence-electron chi connectivity index (χ0n) is 20.4. The third-order valence-electron chi connectivity index (χ3n) is 6.50. The number of alkyl halides is 2. The fourth-order valence-corrected chi connectivity index (χ4v) is 3.49. The van der Waals surface area contributed by atoms with Crippen molar-refractivity contribution in [2.75, 3.05) is 23.7 Å². The van der Waals surface area contributed by atoms with E-state index in [0.717, 1.165) is 45.1 Å². The molecular weight excluding hydrogens is 477 g/mol. The van der Waals surface area contributed by atoms with Crippen LogP contribution in [0, 0.1) is 22.6 Å². The van der Waals surface area contributed by atoms with Crippen molar-refractivity contribution in [2.24, 2.45) is 5.41 Å². The van der Waals surface area contributed by atoms with Crippen molar-refractivity contribution >= 4 is 23.2 Å². The van der Waals surface area contributed by atoms with Gasteiger partial charge < -0.3 is 26.2 Å². The molecule has 9 nitrogen and oxygen atoms in total. The first-order chi connectivity index (χ1) is 16.6. The van der Waals surface area contributed by atoms with E-state index in [1.54, 1.807) is 19.9 Å². The van der Waals surface area contributed by atoms with Crippen LogP contribution < -0.4 is 16.0 Å². The van der Waals surface area contributed by atoms with Crippen LogP contribution >= 0.6 is 0 Å². The van der Waals surface area contributed by atoms with Crippen molar-refractivity contribution in [3.8, 4) is 6.07 Å². The maximum absolute atomic E-state index is 14.4. The van der Waals surface area contributed by atoms with Gasteiger partial charge in [-0.2, -0.15) is 5.26 Å². The fraction of sp³-hybridized carbons (Fsp3) is 0.500. The van der Waals surface area contributed by atoms with Gasteiger partial charge >= 0.3 is 0 Å². The van der Waals surface area contributed by atoms with Crippen LogP contribution in [-0.2, 0) is 0 Å². The Labute approximate surface area is 206 Å². The molecule has 0 atom stereocenters. The van der Waals surface area contributed by atoms with Gasteiger partial charge in [-0.3, -0.25) is 4.79 Å². The second-order valence-electron chi connectivity index (χ2n) is 10.0. The topological polar surface area (TPSA) is 143 Å². The molecule has 0 aromatic carbocycles. The highest BCUT2D eigenvalue weighted by Crippen LogP contribution is 2.53. The number of nitriles is 1. The van der Waals surface area contributed by atoms with Crippen molar-refractivity contribution in [2.45, 2.75) is 57.7 Å². The Bertz CT molecular complexity index is 1180. The van der Waals surface area contributed by atoms with Crippen molar-refractivity contribution in [3.05, 3.63) is 41.5 Å². The summed E-state index contributed by atoms with van der Waals surface area (Å²) in [5.41, 5.74) is -3.92. The maximum Gasteiger partial charge on any atom is 0.292 e. The van der Waals surface area contributed by atoms with E-state index in [4.69, 9.17) is 5.26 Å². The maximum atomic E-state index is 14.4. The van der Waals surface area contributed by atoms with Gasteiger partial charge in [0.05, 0.1) is 29.0 Å². The normalized spacial score (nSPS) is 15.1. The number of anilines is 3. The summed E-state index contributed by atoms with van der Waals surface area (Å²) >= 11 is 0. The molecular formula is C24H29F3N6O3. The molecule has 0 spiro atoms. The second kappa shape index (κ2) is 9.55. The van der Waals surface area contributed by atoms with Crippen LogP contribution in [0.3, 0.4) is 0 Å². The van der Waals surface area contributed by atoms with Crippen LogP contribution in [0.2, 0.25) is 0 Å². The molecule has 36 heavy (non-hydrogen) atoms.